The molecule has 0 spiro atoms. The number of pyridine rings is 2. The van der Waals surface area contributed by atoms with Crippen LogP contribution >= 0.6 is 0 Å². The number of ether oxygens (including phenoxy) is 1. The van der Waals surface area contributed by atoms with E-state index in [1.165, 1.54) is 12.1 Å². The summed E-state index contributed by atoms with van der Waals surface area (Å²) < 4.78 is 7.39. The van der Waals surface area contributed by atoms with Crippen LogP contribution in [0.25, 0.3) is 5.65 Å². The highest BCUT2D eigenvalue weighted by atomic mass is 16.5. The number of carboxylic acids is 1. The first kappa shape index (κ1) is 12.2. The van der Waals surface area contributed by atoms with Crippen molar-refractivity contribution in [2.75, 3.05) is 0 Å². The predicted molar refractivity (Wildman–Crippen MR) is 70.7 cm³/mol. The lowest BCUT2D eigenvalue weighted by Crippen LogP contribution is -2.01. The van der Waals surface area contributed by atoms with Crippen LogP contribution < -0.4 is 4.74 Å². The second-order valence-corrected chi connectivity index (χ2v) is 4.18. The molecule has 0 saturated carbocycles. The van der Waals surface area contributed by atoms with E-state index < -0.39 is 5.97 Å². The Morgan fingerprint density at radius 2 is 2.25 bits per heavy atom. The van der Waals surface area contributed by atoms with Crippen LogP contribution in [-0.4, -0.2) is 25.4 Å². The third-order valence-electron chi connectivity index (χ3n) is 2.86. The normalized spacial score (nSPS) is 10.6. The Morgan fingerprint density at radius 3 is 3.00 bits per heavy atom. The highest BCUT2D eigenvalue weighted by molar-refractivity contribution is 5.88. The van der Waals surface area contributed by atoms with Crippen molar-refractivity contribution in [1.29, 1.82) is 0 Å². The Labute approximate surface area is 114 Å². The number of aromatic nitrogens is 3. The van der Waals surface area contributed by atoms with E-state index in [1.54, 1.807) is 35.3 Å². The summed E-state index contributed by atoms with van der Waals surface area (Å²) in [5.41, 5.74) is 1.62. The molecule has 0 atom stereocenters. The number of hydrogen-bond acceptors (Lipinski definition) is 4. The minimum atomic E-state index is -0.969. The van der Waals surface area contributed by atoms with E-state index in [0.29, 0.717) is 18.0 Å². The zero-order valence-electron chi connectivity index (χ0n) is 10.4. The lowest BCUT2D eigenvalue weighted by Gasteiger charge is -2.05. The van der Waals surface area contributed by atoms with Gasteiger partial charge in [0, 0.05) is 12.4 Å². The van der Waals surface area contributed by atoms with Gasteiger partial charge in [-0.1, -0.05) is 0 Å². The van der Waals surface area contributed by atoms with Gasteiger partial charge in [0.2, 0.25) is 0 Å². The molecular weight excluding hydrogens is 258 g/mol. The summed E-state index contributed by atoms with van der Waals surface area (Å²) in [7, 11) is 0. The van der Waals surface area contributed by atoms with Gasteiger partial charge < -0.3 is 14.2 Å². The molecule has 0 unspecified atom stereocenters. The van der Waals surface area contributed by atoms with E-state index >= 15 is 0 Å². The van der Waals surface area contributed by atoms with Crippen LogP contribution in [0.4, 0.5) is 0 Å². The lowest BCUT2D eigenvalue weighted by atomic mass is 10.3. The molecule has 3 aromatic rings. The fraction of sp³-hybridized carbons (Fsp3) is 0.0714. The van der Waals surface area contributed by atoms with Crippen LogP contribution in [0, 0.1) is 0 Å². The number of imidazole rings is 1. The molecule has 100 valence electrons. The van der Waals surface area contributed by atoms with Crippen molar-refractivity contribution in [3.63, 3.8) is 0 Å². The fourth-order valence-electron chi connectivity index (χ4n) is 1.86. The Morgan fingerprint density at radius 1 is 1.35 bits per heavy atom. The number of fused-ring (bicyclic) bond motifs is 1. The molecule has 0 bridgehead atoms. The summed E-state index contributed by atoms with van der Waals surface area (Å²) in [5, 5.41) is 8.93. The summed E-state index contributed by atoms with van der Waals surface area (Å²) in [4.78, 5) is 19.0. The molecule has 6 nitrogen and oxygen atoms in total. The van der Waals surface area contributed by atoms with Gasteiger partial charge in [0.25, 0.3) is 0 Å². The third-order valence-corrected chi connectivity index (χ3v) is 2.86. The van der Waals surface area contributed by atoms with Crippen molar-refractivity contribution in [3.8, 4) is 5.75 Å². The molecule has 0 radical (unpaired) electrons. The van der Waals surface area contributed by atoms with Gasteiger partial charge in [-0.2, -0.15) is 0 Å². The third kappa shape index (κ3) is 2.31. The summed E-state index contributed by atoms with van der Waals surface area (Å²) in [6.07, 6.45) is 6.64. The molecule has 3 aromatic heterocycles. The fourth-order valence-corrected chi connectivity index (χ4v) is 1.86. The highest BCUT2D eigenvalue weighted by Gasteiger charge is 2.08. The number of nitrogens with zero attached hydrogens (tertiary/aromatic N) is 3. The van der Waals surface area contributed by atoms with E-state index in [9.17, 15) is 4.79 Å². The van der Waals surface area contributed by atoms with Gasteiger partial charge >= 0.3 is 5.97 Å². The van der Waals surface area contributed by atoms with Gasteiger partial charge in [0.1, 0.15) is 18.0 Å². The zero-order chi connectivity index (χ0) is 13.9. The first-order valence-electron chi connectivity index (χ1n) is 5.96. The van der Waals surface area contributed by atoms with Crippen molar-refractivity contribution >= 4 is 11.6 Å². The molecule has 0 aromatic carbocycles. The minimum Gasteiger partial charge on any atom is -0.486 e. The standard InChI is InChI=1S/C14H11N3O3/c18-14(19)10-3-5-17-11(7-16-13(17)6-10)9-20-12-2-1-4-15-8-12/h1-8H,9H2,(H,18,19). The quantitative estimate of drug-likeness (QED) is 0.784. The van der Waals surface area contributed by atoms with Gasteiger partial charge in [-0.25, -0.2) is 9.78 Å². The molecule has 0 aliphatic heterocycles. The van der Waals surface area contributed by atoms with Gasteiger partial charge in [-0.15, -0.1) is 0 Å². The van der Waals surface area contributed by atoms with Crippen molar-refractivity contribution in [2.24, 2.45) is 0 Å². The number of aromatic carboxylic acids is 1. The van der Waals surface area contributed by atoms with E-state index in [0.717, 1.165) is 5.69 Å². The molecule has 0 aliphatic carbocycles. The highest BCUT2D eigenvalue weighted by Crippen LogP contribution is 2.13. The van der Waals surface area contributed by atoms with E-state index in [2.05, 4.69) is 9.97 Å². The Kier molecular flexibility index (Phi) is 3.04. The Balaban J connectivity index is 1.84. The van der Waals surface area contributed by atoms with E-state index in [-0.39, 0.29) is 5.56 Å². The first-order valence-corrected chi connectivity index (χ1v) is 5.96. The van der Waals surface area contributed by atoms with Gasteiger partial charge in [0.05, 0.1) is 23.7 Å². The zero-order valence-corrected chi connectivity index (χ0v) is 10.4. The summed E-state index contributed by atoms with van der Waals surface area (Å²) in [6.45, 7) is 0.333. The second kappa shape index (κ2) is 5.00. The number of rotatable bonds is 4. The molecule has 3 rings (SSSR count). The van der Waals surface area contributed by atoms with E-state index in [4.69, 9.17) is 9.84 Å². The number of carboxylic acid groups (broad SMARTS) is 1. The predicted octanol–water partition coefficient (Wildman–Crippen LogP) is 2.01. The lowest BCUT2D eigenvalue weighted by molar-refractivity contribution is 0.0697. The van der Waals surface area contributed by atoms with Crippen LogP contribution in [0.1, 0.15) is 16.1 Å². The smallest absolute Gasteiger partial charge is 0.335 e. The van der Waals surface area contributed by atoms with Crippen molar-refractivity contribution in [2.45, 2.75) is 6.61 Å². The van der Waals surface area contributed by atoms with Crippen LogP contribution in [0.3, 0.4) is 0 Å². The van der Waals surface area contributed by atoms with Crippen LogP contribution in [0.5, 0.6) is 5.75 Å². The van der Waals surface area contributed by atoms with Crippen molar-refractivity contribution in [3.05, 3.63) is 60.3 Å². The molecule has 20 heavy (non-hydrogen) atoms. The molecule has 0 saturated heterocycles. The first-order chi connectivity index (χ1) is 9.74. The average Bonchev–Trinajstić information content (AvgIpc) is 2.88. The maximum Gasteiger partial charge on any atom is 0.335 e. The number of hydrogen-bond donors (Lipinski definition) is 1. The monoisotopic (exact) mass is 269 g/mol. The van der Waals surface area contributed by atoms with Crippen LogP contribution in [0.15, 0.2) is 49.1 Å². The van der Waals surface area contributed by atoms with Crippen LogP contribution in [0.2, 0.25) is 0 Å². The molecular formula is C14H11N3O3. The largest absolute Gasteiger partial charge is 0.486 e. The van der Waals surface area contributed by atoms with Crippen molar-refractivity contribution < 1.29 is 14.6 Å². The molecule has 0 aliphatic rings. The average molecular weight is 269 g/mol. The van der Waals surface area contributed by atoms with Gasteiger partial charge in [-0.3, -0.25) is 4.98 Å². The SMILES string of the molecule is O=C(O)c1ccn2c(COc3cccnc3)cnc2c1. The Bertz CT molecular complexity index is 753. The molecule has 1 N–H and O–H groups in total. The topological polar surface area (TPSA) is 76.7 Å². The van der Waals surface area contributed by atoms with E-state index in [1.807, 2.05) is 6.07 Å². The maximum absolute atomic E-state index is 10.9. The summed E-state index contributed by atoms with van der Waals surface area (Å²) in [6, 6.07) is 6.67. The summed E-state index contributed by atoms with van der Waals surface area (Å²) in [5.74, 6) is -0.298. The Hall–Kier alpha value is -2.89. The molecule has 0 fully saturated rings. The molecule has 0 amide bonds. The number of carbonyl (C=O) groups is 1. The molecule has 3 heterocycles. The second-order valence-electron chi connectivity index (χ2n) is 4.18. The summed E-state index contributed by atoms with van der Waals surface area (Å²) >= 11 is 0. The minimum absolute atomic E-state index is 0.211. The van der Waals surface area contributed by atoms with Crippen molar-refractivity contribution in [1.82, 2.24) is 14.4 Å². The maximum atomic E-state index is 10.9. The molecule has 6 heteroatoms. The van der Waals surface area contributed by atoms with Gasteiger partial charge in [-0.05, 0) is 24.3 Å². The van der Waals surface area contributed by atoms with Gasteiger partial charge in [0.15, 0.2) is 0 Å². The van der Waals surface area contributed by atoms with Crippen LogP contribution in [-0.2, 0) is 6.61 Å².